The number of phenolic OH excluding ortho intramolecular Hbond substituents is 1. The highest BCUT2D eigenvalue weighted by molar-refractivity contribution is 7.07. The number of esters is 1. The van der Waals surface area contributed by atoms with E-state index in [1.165, 1.54) is 23.0 Å². The number of phenols is 1. The van der Waals surface area contributed by atoms with E-state index in [1.54, 1.807) is 76.4 Å². The number of benzene rings is 2. The number of aromatic hydroxyl groups is 1. The van der Waals surface area contributed by atoms with Crippen LogP contribution in [0, 0.1) is 0 Å². The zero-order valence-corrected chi connectivity index (χ0v) is 20.9. The van der Waals surface area contributed by atoms with Gasteiger partial charge in [0.25, 0.3) is 5.56 Å². The SMILES string of the molecule is COc1ccc(OC)c(C2C(C(=O)OC(C)C)=C(C)N=c3s/c(=C\c4ccc(O)cc4)c(=O)n32)c1. The third-order valence-corrected chi connectivity index (χ3v) is 6.49. The molecule has 0 amide bonds. The lowest BCUT2D eigenvalue weighted by Gasteiger charge is -2.26. The van der Waals surface area contributed by atoms with Crippen molar-refractivity contribution in [3.05, 3.63) is 84.5 Å². The Labute approximate surface area is 206 Å². The Kier molecular flexibility index (Phi) is 6.79. The van der Waals surface area contributed by atoms with Crippen LogP contribution in [0.3, 0.4) is 0 Å². The Hall–Kier alpha value is -3.85. The van der Waals surface area contributed by atoms with Crippen LogP contribution in [-0.4, -0.2) is 36.0 Å². The Morgan fingerprint density at radius 3 is 2.49 bits per heavy atom. The molecule has 1 aliphatic heterocycles. The number of carbonyl (C=O) groups excluding carboxylic acids is 1. The van der Waals surface area contributed by atoms with Crippen molar-refractivity contribution in [2.45, 2.75) is 32.9 Å². The predicted molar refractivity (Wildman–Crippen MR) is 133 cm³/mol. The second-order valence-electron chi connectivity index (χ2n) is 8.24. The van der Waals surface area contributed by atoms with E-state index in [0.717, 1.165) is 5.56 Å². The molecule has 2 aromatic carbocycles. The molecule has 0 aliphatic carbocycles. The van der Waals surface area contributed by atoms with Crippen LogP contribution in [-0.2, 0) is 9.53 Å². The summed E-state index contributed by atoms with van der Waals surface area (Å²) < 4.78 is 18.5. The number of aromatic nitrogens is 1. The number of ether oxygens (including phenoxy) is 3. The average molecular weight is 495 g/mol. The molecule has 4 rings (SSSR count). The molecule has 35 heavy (non-hydrogen) atoms. The Morgan fingerprint density at radius 2 is 1.86 bits per heavy atom. The molecule has 3 aromatic rings. The fourth-order valence-electron chi connectivity index (χ4n) is 3.93. The maximum Gasteiger partial charge on any atom is 0.338 e. The molecule has 2 heterocycles. The summed E-state index contributed by atoms with van der Waals surface area (Å²) in [5.74, 6) is 0.633. The van der Waals surface area contributed by atoms with Gasteiger partial charge in [-0.05, 0) is 62.7 Å². The lowest BCUT2D eigenvalue weighted by atomic mass is 9.94. The first kappa shape index (κ1) is 24.3. The third-order valence-electron chi connectivity index (χ3n) is 5.51. The summed E-state index contributed by atoms with van der Waals surface area (Å²) in [6, 6.07) is 10.9. The zero-order chi connectivity index (χ0) is 25.3. The van der Waals surface area contributed by atoms with Crippen molar-refractivity contribution < 1.29 is 24.1 Å². The second kappa shape index (κ2) is 9.79. The lowest BCUT2D eigenvalue weighted by molar-refractivity contribution is -0.143. The second-order valence-corrected chi connectivity index (χ2v) is 9.24. The number of fused-ring (bicyclic) bond motifs is 1. The van der Waals surface area contributed by atoms with E-state index in [1.807, 2.05) is 0 Å². The van der Waals surface area contributed by atoms with E-state index < -0.39 is 12.0 Å². The van der Waals surface area contributed by atoms with Crippen LogP contribution >= 0.6 is 11.3 Å². The summed E-state index contributed by atoms with van der Waals surface area (Å²) in [5.41, 5.74) is 1.74. The Morgan fingerprint density at radius 1 is 1.14 bits per heavy atom. The van der Waals surface area contributed by atoms with Gasteiger partial charge in [0, 0.05) is 5.56 Å². The van der Waals surface area contributed by atoms with E-state index in [4.69, 9.17) is 14.2 Å². The van der Waals surface area contributed by atoms with Gasteiger partial charge in [0.1, 0.15) is 23.3 Å². The number of nitrogens with zero attached hydrogens (tertiary/aromatic N) is 2. The quantitative estimate of drug-likeness (QED) is 0.529. The highest BCUT2D eigenvalue weighted by atomic mass is 32.1. The number of hydrogen-bond donors (Lipinski definition) is 1. The van der Waals surface area contributed by atoms with Gasteiger partial charge >= 0.3 is 5.97 Å². The summed E-state index contributed by atoms with van der Waals surface area (Å²) in [5, 5.41) is 9.57. The van der Waals surface area contributed by atoms with Gasteiger partial charge in [-0.1, -0.05) is 23.5 Å². The number of carbonyl (C=O) groups is 1. The smallest absolute Gasteiger partial charge is 0.338 e. The average Bonchev–Trinajstić information content (AvgIpc) is 3.13. The number of rotatable bonds is 6. The molecule has 9 heteroatoms. The minimum absolute atomic E-state index is 0.137. The Bertz CT molecular complexity index is 1480. The van der Waals surface area contributed by atoms with Gasteiger partial charge in [-0.25, -0.2) is 9.79 Å². The van der Waals surface area contributed by atoms with Crippen molar-refractivity contribution in [3.63, 3.8) is 0 Å². The molecule has 1 unspecified atom stereocenters. The highest BCUT2D eigenvalue weighted by Gasteiger charge is 2.35. The summed E-state index contributed by atoms with van der Waals surface area (Å²) in [6.45, 7) is 5.26. The van der Waals surface area contributed by atoms with Crippen LogP contribution in [0.1, 0.15) is 37.9 Å². The van der Waals surface area contributed by atoms with E-state index >= 15 is 0 Å². The zero-order valence-electron chi connectivity index (χ0n) is 20.1. The van der Waals surface area contributed by atoms with Gasteiger partial charge < -0.3 is 19.3 Å². The summed E-state index contributed by atoms with van der Waals surface area (Å²) in [4.78, 5) is 32.0. The molecular weight excluding hydrogens is 468 g/mol. The summed E-state index contributed by atoms with van der Waals surface area (Å²) >= 11 is 1.22. The molecule has 0 radical (unpaired) electrons. The first-order chi connectivity index (χ1) is 16.7. The largest absolute Gasteiger partial charge is 0.508 e. The number of allylic oxidation sites excluding steroid dienone is 1. The number of methoxy groups -OCH3 is 2. The highest BCUT2D eigenvalue weighted by Crippen LogP contribution is 2.38. The molecule has 1 aliphatic rings. The van der Waals surface area contributed by atoms with Crippen molar-refractivity contribution >= 4 is 23.4 Å². The maximum absolute atomic E-state index is 13.7. The van der Waals surface area contributed by atoms with Crippen LogP contribution in [0.4, 0.5) is 0 Å². The van der Waals surface area contributed by atoms with E-state index in [2.05, 4.69) is 4.99 Å². The van der Waals surface area contributed by atoms with Gasteiger partial charge in [-0.2, -0.15) is 0 Å². The van der Waals surface area contributed by atoms with E-state index in [0.29, 0.717) is 32.1 Å². The first-order valence-electron chi connectivity index (χ1n) is 11.0. The van der Waals surface area contributed by atoms with Crippen LogP contribution in [0.2, 0.25) is 0 Å². The topological polar surface area (TPSA) is 99.4 Å². The monoisotopic (exact) mass is 494 g/mol. The van der Waals surface area contributed by atoms with Gasteiger partial charge in [-0.3, -0.25) is 9.36 Å². The molecule has 1 aromatic heterocycles. The van der Waals surface area contributed by atoms with Crippen LogP contribution in [0.25, 0.3) is 6.08 Å². The molecule has 0 saturated carbocycles. The standard InChI is InChI=1S/C26H26N2O6S/c1-14(2)34-25(31)22-15(3)27-26-28(23(22)19-13-18(32-4)10-11-20(19)33-5)24(30)21(35-26)12-16-6-8-17(29)9-7-16/h6-14,23,29H,1-5H3/b21-12-. The fraction of sp³-hybridized carbons (Fsp3) is 0.269. The molecular formula is C26H26N2O6S. The van der Waals surface area contributed by atoms with Crippen molar-refractivity contribution in [1.82, 2.24) is 4.57 Å². The molecule has 8 nitrogen and oxygen atoms in total. The molecule has 0 saturated heterocycles. The van der Waals surface area contributed by atoms with Gasteiger partial charge in [0.15, 0.2) is 4.80 Å². The normalized spacial score (nSPS) is 15.6. The number of hydrogen-bond acceptors (Lipinski definition) is 8. The maximum atomic E-state index is 13.7. The van der Waals surface area contributed by atoms with Crippen molar-refractivity contribution in [2.24, 2.45) is 4.99 Å². The van der Waals surface area contributed by atoms with Crippen molar-refractivity contribution in [1.29, 1.82) is 0 Å². The molecule has 182 valence electrons. The summed E-state index contributed by atoms with van der Waals surface area (Å²) in [7, 11) is 3.08. The van der Waals surface area contributed by atoms with Gasteiger partial charge in [0.2, 0.25) is 0 Å². The first-order valence-corrected chi connectivity index (χ1v) is 11.8. The molecule has 1 N–H and O–H groups in total. The lowest BCUT2D eigenvalue weighted by Crippen LogP contribution is -2.40. The fourth-order valence-corrected chi connectivity index (χ4v) is 4.98. The van der Waals surface area contributed by atoms with Gasteiger partial charge in [-0.15, -0.1) is 0 Å². The molecule has 0 spiro atoms. The molecule has 0 fully saturated rings. The van der Waals surface area contributed by atoms with Crippen LogP contribution in [0.5, 0.6) is 17.2 Å². The minimum Gasteiger partial charge on any atom is -0.508 e. The summed E-state index contributed by atoms with van der Waals surface area (Å²) in [6.07, 6.45) is 1.38. The van der Waals surface area contributed by atoms with E-state index in [-0.39, 0.29) is 23.0 Å². The van der Waals surface area contributed by atoms with E-state index in [9.17, 15) is 14.7 Å². The predicted octanol–water partition coefficient (Wildman–Crippen LogP) is 2.91. The molecule has 1 atom stereocenters. The van der Waals surface area contributed by atoms with Crippen molar-refractivity contribution in [3.8, 4) is 17.2 Å². The minimum atomic E-state index is -0.829. The molecule has 0 bridgehead atoms. The number of thiazole rings is 1. The van der Waals surface area contributed by atoms with Crippen LogP contribution < -0.4 is 24.4 Å². The third kappa shape index (κ3) is 4.72. The van der Waals surface area contributed by atoms with Crippen LogP contribution in [0.15, 0.2) is 63.5 Å². The van der Waals surface area contributed by atoms with Gasteiger partial charge in [0.05, 0.1) is 36.1 Å². The van der Waals surface area contributed by atoms with Crippen molar-refractivity contribution in [2.75, 3.05) is 14.2 Å². The Balaban J connectivity index is 2.00.